The molecule has 11 heteroatoms. The molecule has 3 aromatic rings. The summed E-state index contributed by atoms with van der Waals surface area (Å²) in [6.45, 7) is 1.91. The average Bonchev–Trinajstić information content (AvgIpc) is 2.70. The number of fused-ring (bicyclic) bond motifs is 1. The molecule has 156 valence electrons. The summed E-state index contributed by atoms with van der Waals surface area (Å²) >= 11 is 12.6. The van der Waals surface area contributed by atoms with Crippen LogP contribution in [0, 0.1) is 18.3 Å². The second-order valence-electron chi connectivity index (χ2n) is 6.07. The lowest BCUT2D eigenvalue weighted by Gasteiger charge is -2.12. The van der Waals surface area contributed by atoms with Gasteiger partial charge in [0.1, 0.15) is 11.8 Å². The predicted molar refractivity (Wildman–Crippen MR) is 115 cm³/mol. The lowest BCUT2D eigenvalue weighted by Crippen LogP contribution is -2.24. The number of halogens is 2. The number of ether oxygens (including phenoxy) is 2. The molecule has 0 spiro atoms. The number of hydrogen-bond donors (Lipinski definition) is 2. The van der Waals surface area contributed by atoms with E-state index < -0.39 is 17.8 Å². The lowest BCUT2D eigenvalue weighted by atomic mass is 10.2. The SMILES string of the molecule is Cc1ccc2cc(Oc3c(Cl)cc(N/N=C(\C#N)C(=O)OC(N)=O)cc3Cl)ccc2n1. The molecule has 2 aromatic carbocycles. The van der Waals surface area contributed by atoms with Gasteiger partial charge in [-0.3, -0.25) is 10.4 Å². The van der Waals surface area contributed by atoms with Crippen molar-refractivity contribution in [2.45, 2.75) is 6.92 Å². The molecule has 3 rings (SSSR count). The number of aromatic nitrogens is 1. The Kier molecular flexibility index (Phi) is 6.55. The maximum atomic E-state index is 11.5. The van der Waals surface area contributed by atoms with Crippen LogP contribution in [0.2, 0.25) is 10.0 Å². The van der Waals surface area contributed by atoms with Gasteiger partial charge in [0, 0.05) is 11.1 Å². The van der Waals surface area contributed by atoms with E-state index in [-0.39, 0.29) is 21.5 Å². The third-order valence-electron chi connectivity index (χ3n) is 3.81. The topological polar surface area (TPSA) is 140 Å². The fourth-order valence-corrected chi connectivity index (χ4v) is 3.05. The van der Waals surface area contributed by atoms with Crippen LogP contribution in [0.25, 0.3) is 10.9 Å². The van der Waals surface area contributed by atoms with Crippen LogP contribution in [0.3, 0.4) is 0 Å². The molecular formula is C20H13Cl2N5O4. The molecule has 0 saturated carbocycles. The maximum Gasteiger partial charge on any atom is 0.412 e. The van der Waals surface area contributed by atoms with Crippen LogP contribution in [0.1, 0.15) is 5.69 Å². The summed E-state index contributed by atoms with van der Waals surface area (Å²) in [6, 6.07) is 13.5. The fraction of sp³-hybridized carbons (Fsp3) is 0.0500. The molecule has 0 unspecified atom stereocenters. The first-order valence-corrected chi connectivity index (χ1v) is 9.32. The number of nitriles is 1. The van der Waals surface area contributed by atoms with E-state index in [1.54, 1.807) is 12.1 Å². The highest BCUT2D eigenvalue weighted by molar-refractivity contribution is 6.44. The van der Waals surface area contributed by atoms with E-state index in [1.807, 2.05) is 25.1 Å². The van der Waals surface area contributed by atoms with Gasteiger partial charge in [0.25, 0.3) is 0 Å². The molecule has 1 amide bonds. The second-order valence-corrected chi connectivity index (χ2v) is 6.89. The summed E-state index contributed by atoms with van der Waals surface area (Å²) in [6.07, 6.45) is -1.36. The van der Waals surface area contributed by atoms with E-state index in [1.165, 1.54) is 18.2 Å². The van der Waals surface area contributed by atoms with Crippen LogP contribution in [-0.2, 0) is 9.53 Å². The van der Waals surface area contributed by atoms with Crippen molar-refractivity contribution >= 4 is 57.6 Å². The number of esters is 1. The number of nitrogens with one attached hydrogen (secondary N) is 1. The molecule has 1 heterocycles. The van der Waals surface area contributed by atoms with Gasteiger partial charge in [-0.25, -0.2) is 9.59 Å². The van der Waals surface area contributed by atoms with Gasteiger partial charge in [0.2, 0.25) is 5.71 Å². The molecule has 0 aliphatic heterocycles. The fourth-order valence-electron chi connectivity index (χ4n) is 2.49. The average molecular weight is 458 g/mol. The van der Waals surface area contributed by atoms with Gasteiger partial charge in [-0.2, -0.15) is 10.4 Å². The van der Waals surface area contributed by atoms with E-state index in [0.717, 1.165) is 16.6 Å². The van der Waals surface area contributed by atoms with Gasteiger partial charge in [0.15, 0.2) is 5.75 Å². The Balaban J connectivity index is 1.81. The number of aryl methyl sites for hydroxylation is 1. The van der Waals surface area contributed by atoms with E-state index >= 15 is 0 Å². The quantitative estimate of drug-likeness (QED) is 0.247. The molecule has 0 aliphatic carbocycles. The number of carbonyl (C=O) groups excluding carboxylic acids is 2. The number of hydrogen-bond acceptors (Lipinski definition) is 8. The van der Waals surface area contributed by atoms with E-state index in [0.29, 0.717) is 5.75 Å². The highest BCUT2D eigenvalue weighted by Gasteiger charge is 2.16. The minimum atomic E-state index is -1.36. The predicted octanol–water partition coefficient (Wildman–Crippen LogP) is 4.56. The second kappa shape index (κ2) is 9.30. The molecule has 0 saturated heterocycles. The van der Waals surface area contributed by atoms with E-state index in [4.69, 9.17) is 38.9 Å². The molecule has 9 nitrogen and oxygen atoms in total. The number of carbonyl (C=O) groups is 2. The van der Waals surface area contributed by atoms with Gasteiger partial charge in [-0.05, 0) is 43.3 Å². The number of primary amides is 1. The number of hydrazone groups is 1. The lowest BCUT2D eigenvalue weighted by molar-refractivity contribution is -0.129. The van der Waals surface area contributed by atoms with Crippen LogP contribution in [0.4, 0.5) is 10.5 Å². The monoisotopic (exact) mass is 457 g/mol. The van der Waals surface area contributed by atoms with Crippen molar-refractivity contribution in [3.63, 3.8) is 0 Å². The molecular weight excluding hydrogens is 445 g/mol. The first-order chi connectivity index (χ1) is 14.8. The number of rotatable bonds is 5. The molecule has 3 N–H and O–H groups in total. The standard InChI is InChI=1S/C20H13Cl2N5O4/c1-10-2-3-11-6-13(4-5-16(11)25-10)30-18-14(21)7-12(8-15(18)22)26-27-17(9-23)19(28)31-20(24)29/h2-8,26H,1H3,(H2,24,29)/b27-17+. The summed E-state index contributed by atoms with van der Waals surface area (Å²) in [5.41, 5.74) is 8.41. The van der Waals surface area contributed by atoms with Crippen molar-refractivity contribution in [1.82, 2.24) is 4.98 Å². The largest absolute Gasteiger partial charge is 0.454 e. The maximum absolute atomic E-state index is 11.5. The van der Waals surface area contributed by atoms with E-state index in [9.17, 15) is 9.59 Å². The van der Waals surface area contributed by atoms with Crippen LogP contribution < -0.4 is 15.9 Å². The number of anilines is 1. The summed E-state index contributed by atoms with van der Waals surface area (Å²) < 4.78 is 9.92. The van der Waals surface area contributed by atoms with Crippen molar-refractivity contribution in [2.75, 3.05) is 5.43 Å². The Hall–Kier alpha value is -3.87. The van der Waals surface area contributed by atoms with Crippen molar-refractivity contribution in [1.29, 1.82) is 5.26 Å². The van der Waals surface area contributed by atoms with Gasteiger partial charge in [0.05, 0.1) is 21.2 Å². The number of amides is 1. The van der Waals surface area contributed by atoms with Crippen molar-refractivity contribution in [2.24, 2.45) is 10.8 Å². The van der Waals surface area contributed by atoms with Crippen molar-refractivity contribution < 1.29 is 19.1 Å². The van der Waals surface area contributed by atoms with E-state index in [2.05, 4.69) is 20.2 Å². The third kappa shape index (κ3) is 5.39. The summed E-state index contributed by atoms with van der Waals surface area (Å²) in [5, 5.41) is 13.7. The summed E-state index contributed by atoms with van der Waals surface area (Å²) in [7, 11) is 0. The number of nitrogens with zero attached hydrogens (tertiary/aromatic N) is 3. The minimum absolute atomic E-state index is 0.144. The Morgan fingerprint density at radius 1 is 1.16 bits per heavy atom. The zero-order chi connectivity index (χ0) is 22.5. The number of pyridine rings is 1. The van der Waals surface area contributed by atoms with Crippen molar-refractivity contribution in [3.8, 4) is 17.6 Å². The third-order valence-corrected chi connectivity index (χ3v) is 4.37. The Labute approximate surface area is 186 Å². The number of nitrogens with two attached hydrogens (primary N) is 1. The minimum Gasteiger partial charge on any atom is -0.454 e. The molecule has 0 aliphatic rings. The van der Waals surface area contributed by atoms with Crippen LogP contribution in [-0.4, -0.2) is 22.8 Å². The zero-order valence-electron chi connectivity index (χ0n) is 15.8. The molecule has 0 radical (unpaired) electrons. The molecule has 1 aromatic heterocycles. The van der Waals surface area contributed by atoms with Gasteiger partial charge in [-0.1, -0.05) is 29.3 Å². The summed E-state index contributed by atoms with van der Waals surface area (Å²) in [5.74, 6) is -0.604. The normalized spacial score (nSPS) is 11.0. The smallest absolute Gasteiger partial charge is 0.412 e. The Morgan fingerprint density at radius 3 is 2.52 bits per heavy atom. The molecule has 0 fully saturated rings. The van der Waals surface area contributed by atoms with Crippen LogP contribution in [0.5, 0.6) is 11.5 Å². The zero-order valence-corrected chi connectivity index (χ0v) is 17.4. The Bertz CT molecular complexity index is 1250. The summed E-state index contributed by atoms with van der Waals surface area (Å²) in [4.78, 5) is 26.6. The first-order valence-electron chi connectivity index (χ1n) is 8.56. The molecule has 0 atom stereocenters. The highest BCUT2D eigenvalue weighted by Crippen LogP contribution is 2.39. The highest BCUT2D eigenvalue weighted by atomic mass is 35.5. The van der Waals surface area contributed by atoms with Gasteiger partial charge in [-0.15, -0.1) is 0 Å². The Morgan fingerprint density at radius 2 is 1.87 bits per heavy atom. The van der Waals surface area contributed by atoms with Gasteiger partial charge >= 0.3 is 12.1 Å². The van der Waals surface area contributed by atoms with Gasteiger partial charge < -0.3 is 15.2 Å². The van der Waals surface area contributed by atoms with Crippen molar-refractivity contribution in [3.05, 3.63) is 58.2 Å². The first kappa shape index (κ1) is 21.8. The molecule has 0 bridgehead atoms. The number of benzene rings is 2. The van der Waals surface area contributed by atoms with Crippen LogP contribution >= 0.6 is 23.2 Å². The molecule has 31 heavy (non-hydrogen) atoms. The van der Waals surface area contributed by atoms with Crippen LogP contribution in [0.15, 0.2) is 47.6 Å².